The highest BCUT2D eigenvalue weighted by molar-refractivity contribution is 5.67. The summed E-state index contributed by atoms with van der Waals surface area (Å²) in [5, 5.41) is 2.88. The average Bonchev–Trinajstić information content (AvgIpc) is 2.57. The van der Waals surface area contributed by atoms with E-state index in [1.165, 1.54) is 16.2 Å². The molecule has 0 bridgehead atoms. The summed E-state index contributed by atoms with van der Waals surface area (Å²) in [7, 11) is 4.06. The number of nitrogens with zero attached hydrogens (tertiary/aromatic N) is 1. The lowest BCUT2D eigenvalue weighted by Gasteiger charge is -2.32. The van der Waals surface area contributed by atoms with Crippen molar-refractivity contribution in [2.75, 3.05) is 58.5 Å². The molecule has 23 heavy (non-hydrogen) atoms. The highest BCUT2D eigenvalue weighted by atomic mass is 16.5. The van der Waals surface area contributed by atoms with Crippen LogP contribution in [-0.2, 0) is 9.47 Å². The van der Waals surface area contributed by atoms with Gasteiger partial charge >= 0.3 is 6.09 Å². The molecular formula is C17H28N3O3+. The number of carbonyl (C=O) groups excluding carboxylic acids is 1. The lowest BCUT2D eigenvalue weighted by molar-refractivity contribution is -0.937. The highest BCUT2D eigenvalue weighted by Crippen LogP contribution is 2.16. The Morgan fingerprint density at radius 1 is 1.30 bits per heavy atom. The highest BCUT2D eigenvalue weighted by Gasteiger charge is 2.27. The Bertz CT molecular complexity index is 484. The van der Waals surface area contributed by atoms with Gasteiger partial charge in [-0.15, -0.1) is 0 Å². The maximum absolute atomic E-state index is 11.6. The van der Waals surface area contributed by atoms with Crippen LogP contribution in [0.25, 0.3) is 0 Å². The molecule has 1 aromatic carbocycles. The van der Waals surface area contributed by atoms with Gasteiger partial charge in [-0.25, -0.2) is 4.79 Å². The van der Waals surface area contributed by atoms with Gasteiger partial charge in [0.15, 0.2) is 0 Å². The van der Waals surface area contributed by atoms with Gasteiger partial charge in [0.2, 0.25) is 0 Å². The summed E-state index contributed by atoms with van der Waals surface area (Å²) in [6, 6.07) is 8.74. The molecular weight excluding hydrogens is 294 g/mol. The van der Waals surface area contributed by atoms with Crippen LogP contribution in [0.1, 0.15) is 18.5 Å². The molecule has 1 amide bonds. The Kier molecular flexibility index (Phi) is 6.67. The maximum atomic E-state index is 11.6. The molecule has 1 aliphatic rings. The van der Waals surface area contributed by atoms with Crippen LogP contribution in [0.2, 0.25) is 0 Å². The Labute approximate surface area is 138 Å². The zero-order chi connectivity index (χ0) is 16.7. The lowest BCUT2D eigenvalue weighted by atomic mass is 10.0. The summed E-state index contributed by atoms with van der Waals surface area (Å²) < 4.78 is 10.4. The van der Waals surface area contributed by atoms with Gasteiger partial charge in [0.25, 0.3) is 0 Å². The molecule has 1 saturated heterocycles. The van der Waals surface area contributed by atoms with Crippen molar-refractivity contribution in [3.8, 4) is 0 Å². The maximum Gasteiger partial charge on any atom is 0.407 e. The number of benzene rings is 1. The number of hydrogen-bond acceptors (Lipinski definition) is 4. The second-order valence-corrected chi connectivity index (χ2v) is 5.91. The van der Waals surface area contributed by atoms with E-state index < -0.39 is 0 Å². The van der Waals surface area contributed by atoms with E-state index in [-0.39, 0.29) is 12.1 Å². The summed E-state index contributed by atoms with van der Waals surface area (Å²) >= 11 is 0. The lowest BCUT2D eigenvalue weighted by Crippen LogP contribution is -3.15. The fraction of sp³-hybridized carbons (Fsp3) is 0.588. The average molecular weight is 322 g/mol. The smallest absolute Gasteiger partial charge is 0.407 e. The molecule has 2 N–H and O–H groups in total. The van der Waals surface area contributed by atoms with Gasteiger partial charge in [-0.3, -0.25) is 0 Å². The molecule has 6 nitrogen and oxygen atoms in total. The van der Waals surface area contributed by atoms with Crippen LogP contribution >= 0.6 is 0 Å². The normalized spacial score (nSPS) is 16.7. The van der Waals surface area contributed by atoms with Gasteiger partial charge in [0.1, 0.15) is 19.1 Å². The van der Waals surface area contributed by atoms with Crippen LogP contribution in [0.4, 0.5) is 10.5 Å². The number of carbonyl (C=O) groups is 1. The Morgan fingerprint density at radius 3 is 2.52 bits per heavy atom. The van der Waals surface area contributed by atoms with Gasteiger partial charge in [-0.1, -0.05) is 12.1 Å². The second-order valence-electron chi connectivity index (χ2n) is 5.91. The molecule has 0 spiro atoms. The van der Waals surface area contributed by atoms with Gasteiger partial charge in [-0.2, -0.15) is 0 Å². The van der Waals surface area contributed by atoms with Crippen molar-refractivity contribution in [3.63, 3.8) is 0 Å². The molecule has 6 heteroatoms. The van der Waals surface area contributed by atoms with Crippen LogP contribution in [0.5, 0.6) is 0 Å². The van der Waals surface area contributed by atoms with E-state index in [2.05, 4.69) is 34.5 Å². The number of alkyl carbamates (subject to hydrolysis) is 1. The molecule has 1 aliphatic heterocycles. The van der Waals surface area contributed by atoms with E-state index in [9.17, 15) is 4.79 Å². The van der Waals surface area contributed by atoms with E-state index in [0.717, 1.165) is 26.3 Å². The van der Waals surface area contributed by atoms with Crippen molar-refractivity contribution in [2.24, 2.45) is 0 Å². The third kappa shape index (κ3) is 5.11. The Hall–Kier alpha value is -1.79. The summed E-state index contributed by atoms with van der Waals surface area (Å²) in [5.74, 6) is 0. The predicted molar refractivity (Wildman–Crippen MR) is 90.1 cm³/mol. The minimum atomic E-state index is -0.352. The first-order chi connectivity index (χ1) is 11.1. The molecule has 1 heterocycles. The number of hydrogen-bond donors (Lipinski definition) is 2. The largest absolute Gasteiger partial charge is 0.450 e. The molecule has 128 valence electrons. The molecule has 2 rings (SSSR count). The van der Waals surface area contributed by atoms with Crippen molar-refractivity contribution in [1.82, 2.24) is 5.32 Å². The second kappa shape index (κ2) is 8.74. The van der Waals surface area contributed by atoms with Crippen LogP contribution in [-0.4, -0.2) is 59.6 Å². The number of nitrogens with one attached hydrogen (secondary N) is 2. The van der Waals surface area contributed by atoms with Crippen molar-refractivity contribution >= 4 is 11.8 Å². The van der Waals surface area contributed by atoms with E-state index in [1.807, 2.05) is 21.0 Å². The third-order valence-corrected chi connectivity index (χ3v) is 4.17. The predicted octanol–water partition coefficient (Wildman–Crippen LogP) is 0.455. The van der Waals surface area contributed by atoms with E-state index in [0.29, 0.717) is 13.2 Å². The molecule has 0 aromatic heterocycles. The number of rotatable bonds is 6. The monoisotopic (exact) mass is 322 g/mol. The minimum absolute atomic E-state index is 0.208. The molecule has 1 aromatic rings. The molecule has 0 saturated carbocycles. The fourth-order valence-electron chi connectivity index (χ4n) is 2.85. The molecule has 0 aliphatic carbocycles. The van der Waals surface area contributed by atoms with Crippen molar-refractivity contribution in [2.45, 2.75) is 13.0 Å². The molecule has 1 atom stereocenters. The van der Waals surface area contributed by atoms with E-state index in [4.69, 9.17) is 9.47 Å². The van der Waals surface area contributed by atoms with Gasteiger partial charge in [-0.05, 0) is 19.1 Å². The van der Waals surface area contributed by atoms with E-state index >= 15 is 0 Å². The van der Waals surface area contributed by atoms with Crippen molar-refractivity contribution in [3.05, 3.63) is 29.8 Å². The van der Waals surface area contributed by atoms with Crippen LogP contribution in [0.15, 0.2) is 24.3 Å². The quantitative estimate of drug-likeness (QED) is 0.799. The summed E-state index contributed by atoms with van der Waals surface area (Å²) in [5.41, 5.74) is 2.40. The zero-order valence-electron chi connectivity index (χ0n) is 14.3. The van der Waals surface area contributed by atoms with E-state index in [1.54, 1.807) is 0 Å². The molecule has 0 unspecified atom stereocenters. The SMILES string of the molecule is CCOC(=O)NC[C@H](c1ccc(N(C)C)cc1)[NH+]1CCOCC1. The Morgan fingerprint density at radius 2 is 1.96 bits per heavy atom. The van der Waals surface area contributed by atoms with Gasteiger partial charge < -0.3 is 24.6 Å². The number of ether oxygens (including phenoxy) is 2. The number of amides is 1. The van der Waals surface area contributed by atoms with Gasteiger partial charge in [0, 0.05) is 25.3 Å². The van der Waals surface area contributed by atoms with Crippen molar-refractivity contribution in [1.29, 1.82) is 0 Å². The first kappa shape index (κ1) is 17.6. The topological polar surface area (TPSA) is 55.2 Å². The standard InChI is InChI=1S/C17H27N3O3/c1-4-23-17(21)18-13-16(20-9-11-22-12-10-20)14-5-7-15(8-6-14)19(2)3/h5-8,16H,4,9-13H2,1-3H3,(H,18,21)/p+1/t16-/m1/s1. The first-order valence-electron chi connectivity index (χ1n) is 8.22. The number of morpholine rings is 1. The first-order valence-corrected chi connectivity index (χ1v) is 8.22. The summed E-state index contributed by atoms with van der Waals surface area (Å²) in [6.07, 6.45) is -0.352. The van der Waals surface area contributed by atoms with Crippen LogP contribution < -0.4 is 15.1 Å². The Balaban J connectivity index is 2.09. The number of quaternary nitrogens is 1. The minimum Gasteiger partial charge on any atom is -0.450 e. The molecule has 0 radical (unpaired) electrons. The van der Waals surface area contributed by atoms with Crippen molar-refractivity contribution < 1.29 is 19.2 Å². The number of anilines is 1. The van der Waals surface area contributed by atoms with Crippen LogP contribution in [0, 0.1) is 0 Å². The molecule has 1 fully saturated rings. The third-order valence-electron chi connectivity index (χ3n) is 4.17. The van der Waals surface area contributed by atoms with Crippen LogP contribution in [0.3, 0.4) is 0 Å². The summed E-state index contributed by atoms with van der Waals surface area (Å²) in [6.45, 7) is 6.19. The van der Waals surface area contributed by atoms with Gasteiger partial charge in [0.05, 0.1) is 26.4 Å². The zero-order valence-corrected chi connectivity index (χ0v) is 14.3. The summed E-state index contributed by atoms with van der Waals surface area (Å²) in [4.78, 5) is 15.1. The fourth-order valence-corrected chi connectivity index (χ4v) is 2.85.